The highest BCUT2D eigenvalue weighted by Crippen LogP contribution is 2.34. The van der Waals surface area contributed by atoms with Crippen LogP contribution in [0.2, 0.25) is 0 Å². The molecule has 20 heavy (non-hydrogen) atoms. The van der Waals surface area contributed by atoms with Gasteiger partial charge in [0.25, 0.3) is 0 Å². The van der Waals surface area contributed by atoms with Crippen molar-refractivity contribution in [2.24, 2.45) is 0 Å². The van der Waals surface area contributed by atoms with Gasteiger partial charge in [-0.2, -0.15) is 0 Å². The van der Waals surface area contributed by atoms with Crippen LogP contribution in [0.15, 0.2) is 6.07 Å². The van der Waals surface area contributed by atoms with E-state index in [1.165, 1.54) is 0 Å². The number of aromatic nitrogens is 1. The van der Waals surface area contributed by atoms with E-state index in [0.29, 0.717) is 6.07 Å². The van der Waals surface area contributed by atoms with Crippen molar-refractivity contribution < 1.29 is 32.4 Å². The average molecular weight is 294 g/mol. The van der Waals surface area contributed by atoms with Gasteiger partial charge in [-0.1, -0.05) is 0 Å². The predicted octanol–water partition coefficient (Wildman–Crippen LogP) is 1.91. The molecule has 1 aromatic heterocycles. The molecule has 0 saturated heterocycles. The number of nitrogens with zero attached hydrogens (tertiary/aromatic N) is 2. The van der Waals surface area contributed by atoms with E-state index in [1.807, 2.05) is 0 Å². The third kappa shape index (κ3) is 4.07. The van der Waals surface area contributed by atoms with Crippen molar-refractivity contribution in [3.05, 3.63) is 27.6 Å². The van der Waals surface area contributed by atoms with E-state index in [0.717, 1.165) is 14.0 Å². The van der Waals surface area contributed by atoms with Crippen LogP contribution in [-0.2, 0) is 16.0 Å². The lowest BCUT2D eigenvalue weighted by Gasteiger charge is -2.11. The number of carbonyl (C=O) groups excluding carboxylic acids is 1. The molecule has 0 spiro atoms. The highest BCUT2D eigenvalue weighted by Gasteiger charge is 2.36. The molecular weight excluding hydrogens is 285 g/mol. The first-order chi connectivity index (χ1) is 9.14. The van der Waals surface area contributed by atoms with Gasteiger partial charge in [-0.05, 0) is 6.92 Å². The van der Waals surface area contributed by atoms with E-state index < -0.39 is 35.1 Å². The molecule has 0 aliphatic rings. The summed E-state index contributed by atoms with van der Waals surface area (Å²) in [5, 5.41) is 10.7. The molecule has 0 radical (unpaired) electrons. The van der Waals surface area contributed by atoms with Gasteiger partial charge in [0.2, 0.25) is 5.75 Å². The Hall–Kier alpha value is -2.39. The molecule has 0 bridgehead atoms. The molecule has 0 fully saturated rings. The summed E-state index contributed by atoms with van der Waals surface area (Å²) in [4.78, 5) is 24.4. The Bertz CT molecular complexity index is 544. The number of hydrogen-bond acceptors (Lipinski definition) is 6. The lowest BCUT2D eigenvalue weighted by molar-refractivity contribution is -0.389. The molecule has 1 heterocycles. The first-order valence-corrected chi connectivity index (χ1v) is 5.11. The average Bonchev–Trinajstić information content (AvgIpc) is 2.25. The zero-order valence-corrected chi connectivity index (χ0v) is 10.4. The molecular formula is C10H9F3N2O5. The molecule has 0 atom stereocenters. The summed E-state index contributed by atoms with van der Waals surface area (Å²) in [5.74, 6) is -1.77. The topological polar surface area (TPSA) is 91.6 Å². The number of carbonyl (C=O) groups is 1. The fourth-order valence-corrected chi connectivity index (χ4v) is 1.43. The van der Waals surface area contributed by atoms with E-state index in [1.54, 1.807) is 0 Å². The number of nitro groups is 1. The number of esters is 1. The molecule has 0 aliphatic carbocycles. The van der Waals surface area contributed by atoms with Crippen LogP contribution in [0, 0.1) is 17.0 Å². The van der Waals surface area contributed by atoms with Crippen LogP contribution in [0.5, 0.6) is 5.75 Å². The van der Waals surface area contributed by atoms with Crippen molar-refractivity contribution in [3.63, 3.8) is 0 Å². The van der Waals surface area contributed by atoms with E-state index in [2.05, 4.69) is 14.5 Å². The number of aryl methyl sites for hydroxylation is 1. The summed E-state index contributed by atoms with van der Waals surface area (Å²) in [5.41, 5.74) is -1.33. The van der Waals surface area contributed by atoms with Gasteiger partial charge in [-0.15, -0.1) is 13.2 Å². The van der Waals surface area contributed by atoms with Crippen LogP contribution in [0.4, 0.5) is 18.9 Å². The first kappa shape index (κ1) is 15.7. The molecule has 1 aromatic rings. The van der Waals surface area contributed by atoms with Crippen molar-refractivity contribution >= 4 is 11.7 Å². The molecule has 0 amide bonds. The Kier molecular flexibility index (Phi) is 4.48. The Morgan fingerprint density at radius 1 is 1.50 bits per heavy atom. The number of hydrogen-bond donors (Lipinski definition) is 0. The zero-order valence-electron chi connectivity index (χ0n) is 10.4. The molecule has 0 aliphatic heterocycles. The highest BCUT2D eigenvalue weighted by molar-refractivity contribution is 5.72. The normalized spacial score (nSPS) is 11.1. The van der Waals surface area contributed by atoms with Gasteiger partial charge in [0.15, 0.2) is 0 Å². The zero-order chi connectivity index (χ0) is 15.5. The van der Waals surface area contributed by atoms with Crippen molar-refractivity contribution in [2.45, 2.75) is 19.7 Å². The van der Waals surface area contributed by atoms with Gasteiger partial charge in [0, 0.05) is 6.07 Å². The number of pyridine rings is 1. The second-order valence-corrected chi connectivity index (χ2v) is 3.60. The quantitative estimate of drug-likeness (QED) is 0.478. The maximum atomic E-state index is 12.2. The van der Waals surface area contributed by atoms with Crippen LogP contribution in [0.3, 0.4) is 0 Å². The van der Waals surface area contributed by atoms with E-state index in [9.17, 15) is 28.1 Å². The van der Waals surface area contributed by atoms with Gasteiger partial charge in [-0.25, -0.2) is 0 Å². The first-order valence-electron chi connectivity index (χ1n) is 5.11. The van der Waals surface area contributed by atoms with Crippen LogP contribution in [0.25, 0.3) is 0 Å². The van der Waals surface area contributed by atoms with Gasteiger partial charge >= 0.3 is 18.0 Å². The standard InChI is InChI=1S/C10H9F3N2O5/c1-5-9(15(17)18)7(20-10(11,12)13)3-6(14-5)4-8(16)19-2/h3H,4H2,1-2H3. The minimum absolute atomic E-state index is 0.126. The Morgan fingerprint density at radius 3 is 2.55 bits per heavy atom. The Balaban J connectivity index is 3.28. The maximum Gasteiger partial charge on any atom is 0.573 e. The summed E-state index contributed by atoms with van der Waals surface area (Å²) in [7, 11) is 1.09. The summed E-state index contributed by atoms with van der Waals surface area (Å²) in [6.45, 7) is 1.14. The van der Waals surface area contributed by atoms with Crippen LogP contribution >= 0.6 is 0 Å². The highest BCUT2D eigenvalue weighted by atomic mass is 19.4. The fraction of sp³-hybridized carbons (Fsp3) is 0.400. The van der Waals surface area contributed by atoms with Crippen molar-refractivity contribution in [1.82, 2.24) is 4.98 Å². The van der Waals surface area contributed by atoms with Gasteiger partial charge in [0.05, 0.1) is 24.1 Å². The van der Waals surface area contributed by atoms with Gasteiger partial charge in [-0.3, -0.25) is 19.9 Å². The number of methoxy groups -OCH3 is 1. The third-order valence-electron chi connectivity index (χ3n) is 2.15. The molecule has 110 valence electrons. The third-order valence-corrected chi connectivity index (χ3v) is 2.15. The van der Waals surface area contributed by atoms with Crippen molar-refractivity contribution in [2.75, 3.05) is 7.11 Å². The molecule has 7 nitrogen and oxygen atoms in total. The van der Waals surface area contributed by atoms with Crippen molar-refractivity contribution in [1.29, 1.82) is 0 Å². The van der Waals surface area contributed by atoms with Crippen LogP contribution < -0.4 is 4.74 Å². The fourth-order valence-electron chi connectivity index (χ4n) is 1.43. The Morgan fingerprint density at radius 2 is 2.10 bits per heavy atom. The predicted molar refractivity (Wildman–Crippen MR) is 58.0 cm³/mol. The summed E-state index contributed by atoms with van der Waals surface area (Å²) in [6, 6.07) is 0.690. The van der Waals surface area contributed by atoms with E-state index >= 15 is 0 Å². The summed E-state index contributed by atoms with van der Waals surface area (Å²) >= 11 is 0. The van der Waals surface area contributed by atoms with Gasteiger partial charge < -0.3 is 9.47 Å². The number of halogens is 3. The summed E-state index contributed by atoms with van der Waals surface area (Å²) in [6.07, 6.45) is -5.52. The number of ether oxygens (including phenoxy) is 2. The monoisotopic (exact) mass is 294 g/mol. The molecule has 0 N–H and O–H groups in total. The second kappa shape index (κ2) is 5.72. The smallest absolute Gasteiger partial charge is 0.469 e. The van der Waals surface area contributed by atoms with Crippen LogP contribution in [0.1, 0.15) is 11.4 Å². The molecule has 0 unspecified atom stereocenters. The lowest BCUT2D eigenvalue weighted by Crippen LogP contribution is -2.19. The van der Waals surface area contributed by atoms with E-state index in [-0.39, 0.29) is 11.4 Å². The molecule has 0 aromatic carbocycles. The van der Waals surface area contributed by atoms with Crippen molar-refractivity contribution in [3.8, 4) is 5.75 Å². The maximum absolute atomic E-state index is 12.2. The second-order valence-electron chi connectivity index (χ2n) is 3.60. The van der Waals surface area contributed by atoms with E-state index in [4.69, 9.17) is 0 Å². The number of rotatable bonds is 4. The summed E-state index contributed by atoms with van der Waals surface area (Å²) < 4.78 is 44.6. The molecule has 1 rings (SSSR count). The number of alkyl halides is 3. The lowest BCUT2D eigenvalue weighted by atomic mass is 10.2. The minimum atomic E-state index is -5.10. The SMILES string of the molecule is COC(=O)Cc1cc(OC(F)(F)F)c([N+](=O)[O-])c(C)n1. The van der Waals surface area contributed by atoms with Crippen LogP contribution in [-0.4, -0.2) is 29.3 Å². The largest absolute Gasteiger partial charge is 0.573 e. The molecule has 0 saturated carbocycles. The molecule has 10 heteroatoms. The minimum Gasteiger partial charge on any atom is -0.469 e. The van der Waals surface area contributed by atoms with Gasteiger partial charge in [0.1, 0.15) is 5.69 Å². The Labute approximate surface area is 110 Å².